The molecule has 0 amide bonds. The van der Waals surface area contributed by atoms with Crippen molar-refractivity contribution < 1.29 is 0 Å². The van der Waals surface area contributed by atoms with Gasteiger partial charge in [-0.3, -0.25) is 0 Å². The van der Waals surface area contributed by atoms with Crippen molar-refractivity contribution >= 4 is 29.2 Å². The molecule has 0 unspecified atom stereocenters. The summed E-state index contributed by atoms with van der Waals surface area (Å²) in [5.74, 6) is 0.509. The van der Waals surface area contributed by atoms with Gasteiger partial charge in [-0.1, -0.05) is 58.1 Å². The number of nitrogens with one attached hydrogen (secondary N) is 1. The summed E-state index contributed by atoms with van der Waals surface area (Å²) in [4.78, 5) is 0. The second kappa shape index (κ2) is 6.56. The van der Waals surface area contributed by atoms with E-state index in [1.165, 1.54) is 16.7 Å². The normalized spacial score (nSPS) is 10.8. The van der Waals surface area contributed by atoms with Crippen LogP contribution in [0.1, 0.15) is 16.7 Å². The van der Waals surface area contributed by atoms with Crippen LogP contribution in [0.2, 0.25) is 10.0 Å². The Labute approximate surface area is 144 Å². The minimum Gasteiger partial charge on any atom is -0.349 e. The van der Waals surface area contributed by atoms with Gasteiger partial charge >= 0.3 is 0 Å². The van der Waals surface area contributed by atoms with Gasteiger partial charge in [0.25, 0.3) is 0 Å². The molecule has 0 aliphatic carbocycles. The quantitative estimate of drug-likeness (QED) is 0.768. The Bertz CT molecular complexity index is 844. The van der Waals surface area contributed by atoms with Gasteiger partial charge in [0.15, 0.2) is 0 Å². The highest BCUT2D eigenvalue weighted by Gasteiger charge is 2.13. The number of aromatic nitrogens is 4. The van der Waals surface area contributed by atoms with Crippen molar-refractivity contribution in [2.75, 3.05) is 5.32 Å². The molecule has 3 aromatic rings. The Morgan fingerprint density at radius 3 is 2.78 bits per heavy atom. The maximum absolute atomic E-state index is 6.24. The third kappa shape index (κ3) is 3.30. The first-order chi connectivity index (χ1) is 11.1. The molecular weight excluding hydrogens is 333 g/mol. The molecule has 0 aliphatic heterocycles. The van der Waals surface area contributed by atoms with Crippen molar-refractivity contribution in [1.82, 2.24) is 20.2 Å². The number of aryl methyl sites for hydroxylation is 2. The van der Waals surface area contributed by atoms with Gasteiger partial charge in [-0.25, -0.2) is 0 Å². The van der Waals surface area contributed by atoms with E-state index in [0.29, 0.717) is 28.2 Å². The van der Waals surface area contributed by atoms with E-state index in [1.807, 2.05) is 6.07 Å². The van der Waals surface area contributed by atoms with Gasteiger partial charge in [0, 0.05) is 6.54 Å². The van der Waals surface area contributed by atoms with Crippen LogP contribution in [0, 0.1) is 13.8 Å². The van der Waals surface area contributed by atoms with Crippen molar-refractivity contribution in [3.63, 3.8) is 0 Å². The number of halogens is 2. The summed E-state index contributed by atoms with van der Waals surface area (Å²) in [6, 6.07) is 11.7. The third-order valence-corrected chi connectivity index (χ3v) is 4.38. The van der Waals surface area contributed by atoms with Crippen molar-refractivity contribution in [2.45, 2.75) is 20.4 Å². The predicted octanol–water partition coefficient (Wildman–Crippen LogP) is 4.20. The zero-order valence-electron chi connectivity index (χ0n) is 12.7. The first kappa shape index (κ1) is 15.8. The van der Waals surface area contributed by atoms with Crippen LogP contribution in [-0.4, -0.2) is 20.2 Å². The molecule has 1 heterocycles. The third-order valence-electron chi connectivity index (χ3n) is 3.57. The smallest absolute Gasteiger partial charge is 0.248 e. The first-order valence-corrected chi connectivity index (χ1v) is 7.84. The number of benzene rings is 2. The van der Waals surface area contributed by atoms with Crippen molar-refractivity contribution in [2.24, 2.45) is 0 Å². The first-order valence-electron chi connectivity index (χ1n) is 7.09. The Hall–Kier alpha value is -2.11. The molecule has 23 heavy (non-hydrogen) atoms. The molecular formula is C16H15Cl2N5. The van der Waals surface area contributed by atoms with Crippen molar-refractivity contribution in [3.05, 3.63) is 63.1 Å². The molecule has 0 atom stereocenters. The Morgan fingerprint density at radius 1 is 1.13 bits per heavy atom. The van der Waals surface area contributed by atoms with Crippen LogP contribution in [-0.2, 0) is 6.54 Å². The summed E-state index contributed by atoms with van der Waals surface area (Å²) >= 11 is 12.3. The zero-order valence-corrected chi connectivity index (χ0v) is 14.2. The van der Waals surface area contributed by atoms with Crippen LogP contribution in [0.15, 0.2) is 36.4 Å². The lowest BCUT2D eigenvalue weighted by Crippen LogP contribution is -2.09. The minimum atomic E-state index is 0.413. The molecule has 3 rings (SSSR count). The number of nitrogens with zero attached hydrogens (tertiary/aromatic N) is 4. The van der Waals surface area contributed by atoms with Gasteiger partial charge in [-0.2, -0.15) is 4.68 Å². The van der Waals surface area contributed by atoms with Crippen LogP contribution in [0.4, 0.5) is 5.95 Å². The number of rotatable bonds is 4. The molecule has 1 aromatic heterocycles. The van der Waals surface area contributed by atoms with E-state index in [-0.39, 0.29) is 0 Å². The lowest BCUT2D eigenvalue weighted by molar-refractivity contribution is 0.789. The second-order valence-electron chi connectivity index (χ2n) is 5.27. The molecule has 0 saturated heterocycles. The highest BCUT2D eigenvalue weighted by molar-refractivity contribution is 6.43. The molecule has 0 bridgehead atoms. The Kier molecular flexibility index (Phi) is 4.50. The summed E-state index contributed by atoms with van der Waals surface area (Å²) in [5.41, 5.74) is 4.25. The van der Waals surface area contributed by atoms with Gasteiger partial charge < -0.3 is 5.32 Å². The van der Waals surface area contributed by atoms with Crippen LogP contribution < -0.4 is 5.32 Å². The number of anilines is 1. The highest BCUT2D eigenvalue weighted by Crippen LogP contribution is 2.29. The summed E-state index contributed by atoms with van der Waals surface area (Å²) < 4.78 is 1.54. The molecule has 0 radical (unpaired) electrons. The molecule has 7 heteroatoms. The van der Waals surface area contributed by atoms with Gasteiger partial charge in [0.2, 0.25) is 5.95 Å². The number of tetrazole rings is 1. The maximum atomic E-state index is 6.24. The number of hydrogen-bond acceptors (Lipinski definition) is 4. The van der Waals surface area contributed by atoms with Crippen LogP contribution in [0.25, 0.3) is 5.69 Å². The van der Waals surface area contributed by atoms with E-state index in [9.17, 15) is 0 Å². The van der Waals surface area contributed by atoms with Crippen LogP contribution in [0.3, 0.4) is 0 Å². The van der Waals surface area contributed by atoms with E-state index in [2.05, 4.69) is 52.9 Å². The molecule has 1 N–H and O–H groups in total. The lowest BCUT2D eigenvalue weighted by atomic mass is 10.1. The number of hydrogen-bond donors (Lipinski definition) is 1. The Morgan fingerprint density at radius 2 is 1.96 bits per heavy atom. The summed E-state index contributed by atoms with van der Waals surface area (Å²) in [6.45, 7) is 4.76. The molecule has 0 fully saturated rings. The minimum absolute atomic E-state index is 0.413. The predicted molar refractivity (Wildman–Crippen MR) is 92.4 cm³/mol. The lowest BCUT2D eigenvalue weighted by Gasteiger charge is -2.11. The van der Waals surface area contributed by atoms with E-state index >= 15 is 0 Å². The largest absolute Gasteiger partial charge is 0.349 e. The molecule has 0 aliphatic rings. The summed E-state index contributed by atoms with van der Waals surface area (Å²) in [7, 11) is 0. The molecule has 0 spiro atoms. The summed E-state index contributed by atoms with van der Waals surface area (Å²) in [6.07, 6.45) is 0. The standard InChI is InChI=1S/C16H15Cl2N5/c1-10-6-7-11(2)12(8-10)9-19-16-20-21-22-23(16)14-5-3-4-13(17)15(14)18/h3-8H,9H2,1-2H3,(H,19,20,22). The van der Waals surface area contributed by atoms with E-state index in [0.717, 1.165) is 0 Å². The monoisotopic (exact) mass is 347 g/mol. The molecule has 118 valence electrons. The Balaban J connectivity index is 1.87. The van der Waals surface area contributed by atoms with Crippen molar-refractivity contribution in [1.29, 1.82) is 0 Å². The molecule has 0 saturated carbocycles. The van der Waals surface area contributed by atoms with Crippen LogP contribution in [0.5, 0.6) is 0 Å². The average molecular weight is 348 g/mol. The average Bonchev–Trinajstić information content (AvgIpc) is 2.99. The molecule has 5 nitrogen and oxygen atoms in total. The fraction of sp³-hybridized carbons (Fsp3) is 0.188. The second-order valence-corrected chi connectivity index (χ2v) is 6.06. The zero-order chi connectivity index (χ0) is 16.4. The van der Waals surface area contributed by atoms with E-state index < -0.39 is 0 Å². The fourth-order valence-electron chi connectivity index (χ4n) is 2.28. The highest BCUT2D eigenvalue weighted by atomic mass is 35.5. The molecule has 2 aromatic carbocycles. The SMILES string of the molecule is Cc1ccc(C)c(CNc2nnnn2-c2cccc(Cl)c2Cl)c1. The van der Waals surface area contributed by atoms with Crippen molar-refractivity contribution in [3.8, 4) is 5.69 Å². The maximum Gasteiger partial charge on any atom is 0.248 e. The van der Waals surface area contributed by atoms with Crippen LogP contribution >= 0.6 is 23.2 Å². The van der Waals surface area contributed by atoms with Gasteiger partial charge in [-0.05, 0) is 47.5 Å². The van der Waals surface area contributed by atoms with Gasteiger partial charge in [0.05, 0.1) is 15.7 Å². The fourth-order valence-corrected chi connectivity index (χ4v) is 2.66. The van der Waals surface area contributed by atoms with Gasteiger partial charge in [0.1, 0.15) is 0 Å². The van der Waals surface area contributed by atoms with E-state index in [1.54, 1.807) is 16.8 Å². The van der Waals surface area contributed by atoms with Gasteiger partial charge in [-0.15, -0.1) is 0 Å². The summed E-state index contributed by atoms with van der Waals surface area (Å²) in [5, 5.41) is 15.8. The topological polar surface area (TPSA) is 55.6 Å². The van der Waals surface area contributed by atoms with E-state index in [4.69, 9.17) is 23.2 Å².